The highest BCUT2D eigenvalue weighted by atomic mass is 32.1. The smallest absolute Gasteiger partial charge is 0.176 e. The van der Waals surface area contributed by atoms with Crippen LogP contribution in [0.5, 0.6) is 5.75 Å². The molecular weight excluding hydrogens is 258 g/mol. The Balaban J connectivity index is 1.66. The zero-order chi connectivity index (χ0) is 13.2. The molecule has 0 atom stereocenters. The first-order chi connectivity index (χ1) is 9.22. The molecule has 98 valence electrons. The summed E-state index contributed by atoms with van der Waals surface area (Å²) in [5, 5.41) is 11.3. The number of hydrogen-bond donors (Lipinski definition) is 1. The number of thiophene rings is 1. The molecule has 0 radical (unpaired) electrons. The molecule has 19 heavy (non-hydrogen) atoms. The Labute approximate surface area is 116 Å². The summed E-state index contributed by atoms with van der Waals surface area (Å²) in [5.41, 5.74) is 2.02. The normalized spacial score (nSPS) is 15.2. The maximum atomic E-state index is 12.2. The van der Waals surface area contributed by atoms with Crippen molar-refractivity contribution in [3.63, 3.8) is 0 Å². The number of aromatic hydroxyl groups is 1. The molecule has 2 heterocycles. The van der Waals surface area contributed by atoms with E-state index in [4.69, 9.17) is 0 Å². The Hall–Kier alpha value is -1.65. The van der Waals surface area contributed by atoms with Crippen molar-refractivity contribution in [3.8, 4) is 5.75 Å². The maximum absolute atomic E-state index is 12.2. The van der Waals surface area contributed by atoms with Gasteiger partial charge in [0.25, 0.3) is 0 Å². The minimum Gasteiger partial charge on any atom is -0.508 e. The summed E-state index contributed by atoms with van der Waals surface area (Å²) in [6, 6.07) is 8.62. The number of carbonyl (C=O) groups excluding carboxylic acids is 1. The van der Waals surface area contributed by atoms with E-state index < -0.39 is 0 Å². The topological polar surface area (TPSA) is 40.5 Å². The average Bonchev–Trinajstić information content (AvgIpc) is 2.87. The molecule has 3 rings (SSSR count). The van der Waals surface area contributed by atoms with E-state index in [2.05, 4.69) is 16.3 Å². The monoisotopic (exact) mass is 273 g/mol. The van der Waals surface area contributed by atoms with Gasteiger partial charge in [-0.05, 0) is 47.7 Å². The first-order valence-corrected chi connectivity index (χ1v) is 7.20. The van der Waals surface area contributed by atoms with E-state index in [1.54, 1.807) is 35.6 Å². The third-order valence-electron chi connectivity index (χ3n) is 3.44. The van der Waals surface area contributed by atoms with Crippen LogP contribution in [0.25, 0.3) is 0 Å². The number of rotatable bonds is 3. The summed E-state index contributed by atoms with van der Waals surface area (Å²) in [4.78, 5) is 15.8. The molecule has 1 aromatic carbocycles. The van der Waals surface area contributed by atoms with Gasteiger partial charge in [-0.1, -0.05) is 0 Å². The van der Waals surface area contributed by atoms with Crippen molar-refractivity contribution in [2.24, 2.45) is 0 Å². The lowest BCUT2D eigenvalue weighted by atomic mass is 10.1. The van der Waals surface area contributed by atoms with E-state index in [9.17, 15) is 9.90 Å². The number of fused-ring (bicyclic) bond motifs is 1. The Morgan fingerprint density at radius 3 is 2.84 bits per heavy atom. The van der Waals surface area contributed by atoms with Crippen LogP contribution < -0.4 is 0 Å². The third kappa shape index (κ3) is 2.69. The Morgan fingerprint density at radius 2 is 2.05 bits per heavy atom. The van der Waals surface area contributed by atoms with Gasteiger partial charge in [-0.2, -0.15) is 0 Å². The fraction of sp³-hybridized carbons (Fsp3) is 0.267. The van der Waals surface area contributed by atoms with E-state index in [0.717, 1.165) is 19.5 Å². The average molecular weight is 273 g/mol. The van der Waals surface area contributed by atoms with Crippen LogP contribution in [0, 0.1) is 0 Å². The van der Waals surface area contributed by atoms with Gasteiger partial charge >= 0.3 is 0 Å². The van der Waals surface area contributed by atoms with Crippen molar-refractivity contribution in [2.45, 2.75) is 13.0 Å². The van der Waals surface area contributed by atoms with Gasteiger partial charge in [-0.25, -0.2) is 0 Å². The van der Waals surface area contributed by atoms with Crippen LogP contribution in [0.4, 0.5) is 0 Å². The molecule has 0 saturated carbocycles. The number of Topliss-reactive ketones (excluding diaryl/α,β-unsaturated/α-hetero) is 1. The van der Waals surface area contributed by atoms with E-state index in [-0.39, 0.29) is 11.5 Å². The van der Waals surface area contributed by atoms with Gasteiger partial charge in [0.05, 0.1) is 6.54 Å². The minimum absolute atomic E-state index is 0.110. The first-order valence-electron chi connectivity index (χ1n) is 6.32. The zero-order valence-electron chi connectivity index (χ0n) is 10.5. The Kier molecular flexibility index (Phi) is 3.36. The second kappa shape index (κ2) is 5.15. The molecule has 1 aromatic heterocycles. The van der Waals surface area contributed by atoms with Crippen LogP contribution in [-0.4, -0.2) is 28.9 Å². The van der Waals surface area contributed by atoms with Crippen molar-refractivity contribution in [1.82, 2.24) is 4.90 Å². The molecule has 1 N–H and O–H groups in total. The molecule has 3 nitrogen and oxygen atoms in total. The lowest BCUT2D eigenvalue weighted by Gasteiger charge is -2.26. The van der Waals surface area contributed by atoms with Crippen LogP contribution in [0.1, 0.15) is 20.8 Å². The predicted octanol–water partition coefficient (Wildman–Crippen LogP) is 2.69. The largest absolute Gasteiger partial charge is 0.508 e. The lowest BCUT2D eigenvalue weighted by molar-refractivity contribution is 0.0922. The van der Waals surface area contributed by atoms with Crippen LogP contribution in [0.3, 0.4) is 0 Å². The molecule has 0 aliphatic carbocycles. The van der Waals surface area contributed by atoms with Gasteiger partial charge in [-0.3, -0.25) is 9.69 Å². The number of carbonyl (C=O) groups is 1. The summed E-state index contributed by atoms with van der Waals surface area (Å²) in [6.45, 7) is 2.25. The van der Waals surface area contributed by atoms with Gasteiger partial charge in [-0.15, -0.1) is 11.3 Å². The molecular formula is C15H15NO2S. The fourth-order valence-electron chi connectivity index (χ4n) is 2.38. The maximum Gasteiger partial charge on any atom is 0.176 e. The van der Waals surface area contributed by atoms with Crippen LogP contribution >= 0.6 is 11.3 Å². The Morgan fingerprint density at radius 1 is 1.26 bits per heavy atom. The zero-order valence-corrected chi connectivity index (χ0v) is 11.3. The number of ketones is 1. The molecule has 1 aliphatic rings. The van der Waals surface area contributed by atoms with Crippen LogP contribution in [0.15, 0.2) is 35.7 Å². The fourth-order valence-corrected chi connectivity index (χ4v) is 3.27. The number of nitrogens with zero attached hydrogens (tertiary/aromatic N) is 1. The van der Waals surface area contributed by atoms with Gasteiger partial charge in [0.15, 0.2) is 5.78 Å². The van der Waals surface area contributed by atoms with Crippen molar-refractivity contribution in [1.29, 1.82) is 0 Å². The number of phenolic OH excluding ortho intramolecular Hbond substituents is 1. The molecule has 1 aliphatic heterocycles. The highest BCUT2D eigenvalue weighted by Crippen LogP contribution is 2.24. The highest BCUT2D eigenvalue weighted by molar-refractivity contribution is 7.10. The summed E-state index contributed by atoms with van der Waals surface area (Å²) >= 11 is 1.80. The van der Waals surface area contributed by atoms with Crippen molar-refractivity contribution < 1.29 is 9.90 Å². The molecule has 0 bridgehead atoms. The standard InChI is InChI=1S/C15H15NO2S/c17-13-3-1-11(2-4-13)14(18)10-16-7-5-15-12(9-16)6-8-19-15/h1-4,6,8,17H,5,7,9-10H2. The van der Waals surface area contributed by atoms with Crippen LogP contribution in [0.2, 0.25) is 0 Å². The van der Waals surface area contributed by atoms with Crippen molar-refractivity contribution >= 4 is 17.1 Å². The summed E-state index contributed by atoms with van der Waals surface area (Å²) in [6.07, 6.45) is 1.04. The van der Waals surface area contributed by atoms with Crippen molar-refractivity contribution in [3.05, 3.63) is 51.7 Å². The third-order valence-corrected chi connectivity index (χ3v) is 4.47. The number of phenols is 1. The summed E-state index contributed by atoms with van der Waals surface area (Å²) in [7, 11) is 0. The first kappa shape index (κ1) is 12.4. The van der Waals surface area contributed by atoms with E-state index in [1.807, 2.05) is 0 Å². The van der Waals surface area contributed by atoms with E-state index >= 15 is 0 Å². The van der Waals surface area contributed by atoms with Gasteiger partial charge in [0.1, 0.15) is 5.75 Å². The SMILES string of the molecule is O=C(CN1CCc2sccc2C1)c1ccc(O)cc1. The molecule has 0 fully saturated rings. The quantitative estimate of drug-likeness (QED) is 0.874. The second-order valence-corrected chi connectivity index (χ2v) is 5.80. The van der Waals surface area contributed by atoms with Gasteiger partial charge in [0.2, 0.25) is 0 Å². The minimum atomic E-state index is 0.110. The lowest BCUT2D eigenvalue weighted by Crippen LogP contribution is -2.34. The van der Waals surface area contributed by atoms with Crippen LogP contribution in [-0.2, 0) is 13.0 Å². The molecule has 0 saturated heterocycles. The molecule has 2 aromatic rings. The Bertz CT molecular complexity index is 588. The van der Waals surface area contributed by atoms with Crippen molar-refractivity contribution in [2.75, 3.05) is 13.1 Å². The number of benzene rings is 1. The summed E-state index contributed by atoms with van der Waals surface area (Å²) < 4.78 is 0. The highest BCUT2D eigenvalue weighted by Gasteiger charge is 2.19. The molecule has 0 spiro atoms. The van der Waals surface area contributed by atoms with E-state index in [0.29, 0.717) is 12.1 Å². The van der Waals surface area contributed by atoms with Gasteiger partial charge in [0, 0.05) is 23.5 Å². The summed E-state index contributed by atoms with van der Waals surface area (Å²) in [5.74, 6) is 0.302. The van der Waals surface area contributed by atoms with Gasteiger partial charge < -0.3 is 5.11 Å². The molecule has 0 amide bonds. The predicted molar refractivity (Wildman–Crippen MR) is 75.7 cm³/mol. The van der Waals surface area contributed by atoms with E-state index in [1.165, 1.54) is 10.4 Å². The number of hydrogen-bond acceptors (Lipinski definition) is 4. The molecule has 0 unspecified atom stereocenters. The second-order valence-electron chi connectivity index (χ2n) is 4.80. The molecule has 4 heteroatoms.